The standard InChI is InChI=1S/C39H64N6O14.C2H6/c1-27(14-20-57-5)23-35(49)45(56)19-8-11-33(42-34(48)13-12-30(4)47)39(53)59-22-16-29(3)25-37(51)44(55)18-7-10-32(41)38(52)58-21-15-28(2)24-36(50)43(54)17-6-9-31(40)26-46;1-2/h23-26,31-33,54-56H,6-22,40-41H2,1-5H3,(H,42,48);1-2H3/b27-23-,28-24-,29-25-;. The van der Waals surface area contributed by atoms with Crippen molar-refractivity contribution >= 4 is 47.6 Å². The van der Waals surface area contributed by atoms with E-state index in [4.69, 9.17) is 25.7 Å². The Morgan fingerprint density at radius 3 is 1.44 bits per heavy atom. The minimum Gasteiger partial charge on any atom is -0.464 e. The predicted octanol–water partition coefficient (Wildman–Crippen LogP) is 2.46. The number of carbonyl (C=O) groups excluding carboxylic acids is 8. The third kappa shape index (κ3) is 29.9. The van der Waals surface area contributed by atoms with E-state index in [1.54, 1.807) is 20.8 Å². The fourth-order valence-electron chi connectivity index (χ4n) is 4.87. The van der Waals surface area contributed by atoms with Crippen molar-refractivity contribution in [2.75, 3.05) is 46.6 Å². The first-order chi connectivity index (χ1) is 28.8. The van der Waals surface area contributed by atoms with Crippen molar-refractivity contribution < 1.29 is 68.2 Å². The van der Waals surface area contributed by atoms with E-state index < -0.39 is 53.7 Å². The molecule has 348 valence electrons. The second kappa shape index (κ2) is 34.8. The molecule has 0 fully saturated rings. The van der Waals surface area contributed by atoms with Crippen molar-refractivity contribution in [3.63, 3.8) is 0 Å². The maximum Gasteiger partial charge on any atom is 0.328 e. The lowest BCUT2D eigenvalue weighted by Gasteiger charge is -2.19. The van der Waals surface area contributed by atoms with E-state index in [9.17, 15) is 54.0 Å². The molecule has 0 aromatic heterocycles. The number of Topliss-reactive ketones (excluding diaryl/α,β-unsaturated/α-hetero) is 1. The van der Waals surface area contributed by atoms with Crippen LogP contribution in [0, 0.1) is 0 Å². The molecule has 0 aliphatic carbocycles. The zero-order valence-corrected chi connectivity index (χ0v) is 36.9. The molecule has 0 aliphatic heterocycles. The number of aldehydes is 1. The van der Waals surface area contributed by atoms with Gasteiger partial charge in [-0.2, -0.15) is 0 Å². The summed E-state index contributed by atoms with van der Waals surface area (Å²) >= 11 is 0. The highest BCUT2D eigenvalue weighted by Gasteiger charge is 2.23. The average molecular weight is 871 g/mol. The quantitative estimate of drug-likeness (QED) is 0.0192. The Bertz CT molecular complexity index is 1480. The van der Waals surface area contributed by atoms with Crippen LogP contribution in [0.2, 0.25) is 0 Å². The first-order valence-electron chi connectivity index (χ1n) is 20.4. The van der Waals surface area contributed by atoms with Gasteiger partial charge in [0, 0.05) is 77.3 Å². The number of rotatable bonds is 31. The number of nitrogens with zero attached hydrogens (tertiary/aromatic N) is 3. The lowest BCUT2D eigenvalue weighted by molar-refractivity contribution is -0.160. The highest BCUT2D eigenvalue weighted by atomic mass is 16.5. The Hall–Kier alpha value is -4.86. The third-order valence-corrected chi connectivity index (χ3v) is 8.51. The summed E-state index contributed by atoms with van der Waals surface area (Å²) in [4.78, 5) is 96.4. The van der Waals surface area contributed by atoms with E-state index in [-0.39, 0.29) is 90.0 Å². The van der Waals surface area contributed by atoms with Crippen LogP contribution in [0.5, 0.6) is 0 Å². The summed E-state index contributed by atoms with van der Waals surface area (Å²) in [6.45, 7) is 10.1. The van der Waals surface area contributed by atoms with Gasteiger partial charge >= 0.3 is 11.9 Å². The van der Waals surface area contributed by atoms with Crippen molar-refractivity contribution in [3.8, 4) is 0 Å². The molecule has 8 N–H and O–H groups in total. The van der Waals surface area contributed by atoms with Gasteiger partial charge in [0.2, 0.25) is 5.91 Å². The van der Waals surface area contributed by atoms with E-state index >= 15 is 0 Å². The minimum absolute atomic E-state index is 0.00209. The first kappa shape index (κ1) is 58.2. The molecule has 0 radical (unpaired) electrons. The molecular weight excluding hydrogens is 800 g/mol. The molecule has 0 saturated carbocycles. The van der Waals surface area contributed by atoms with Gasteiger partial charge in [0.1, 0.15) is 24.2 Å². The first-order valence-corrected chi connectivity index (χ1v) is 20.4. The van der Waals surface area contributed by atoms with Crippen LogP contribution in [0.1, 0.15) is 112 Å². The Morgan fingerprint density at radius 2 is 1.02 bits per heavy atom. The van der Waals surface area contributed by atoms with Gasteiger partial charge in [-0.1, -0.05) is 30.6 Å². The molecule has 0 heterocycles. The number of methoxy groups -OCH3 is 1. The number of hydrogen-bond donors (Lipinski definition) is 6. The van der Waals surface area contributed by atoms with E-state index in [0.717, 1.165) is 6.08 Å². The van der Waals surface area contributed by atoms with Crippen LogP contribution in [-0.4, -0.2) is 143 Å². The number of esters is 2. The molecule has 0 aromatic carbocycles. The molecule has 0 saturated heterocycles. The normalized spacial score (nSPS) is 13.1. The number of carbonyl (C=O) groups is 8. The Balaban J connectivity index is 0. The molecule has 20 nitrogen and oxygen atoms in total. The molecule has 4 amide bonds. The predicted molar refractivity (Wildman–Crippen MR) is 222 cm³/mol. The largest absolute Gasteiger partial charge is 0.464 e. The van der Waals surface area contributed by atoms with Gasteiger partial charge in [0.15, 0.2) is 0 Å². The molecule has 0 rings (SSSR count). The third-order valence-electron chi connectivity index (χ3n) is 8.51. The second-order valence-electron chi connectivity index (χ2n) is 14.1. The zero-order chi connectivity index (χ0) is 46.9. The van der Waals surface area contributed by atoms with Crippen LogP contribution in [-0.2, 0) is 52.6 Å². The number of nitrogens with two attached hydrogens (primary N) is 2. The van der Waals surface area contributed by atoms with Crippen molar-refractivity contribution in [2.45, 2.75) is 130 Å². The van der Waals surface area contributed by atoms with Gasteiger partial charge in [-0.3, -0.25) is 39.6 Å². The fraction of sp³-hybridized carbons (Fsp3) is 0.659. The van der Waals surface area contributed by atoms with Crippen LogP contribution < -0.4 is 16.8 Å². The number of amides is 4. The Labute approximate surface area is 359 Å². The highest BCUT2D eigenvalue weighted by molar-refractivity contribution is 5.89. The van der Waals surface area contributed by atoms with Crippen LogP contribution in [0.15, 0.2) is 34.9 Å². The summed E-state index contributed by atoms with van der Waals surface area (Å²) in [5.74, 6) is -4.39. The van der Waals surface area contributed by atoms with Gasteiger partial charge in [0.05, 0.1) is 19.3 Å². The summed E-state index contributed by atoms with van der Waals surface area (Å²) < 4.78 is 15.4. The van der Waals surface area contributed by atoms with Crippen molar-refractivity contribution in [2.24, 2.45) is 11.5 Å². The maximum absolute atomic E-state index is 12.9. The van der Waals surface area contributed by atoms with E-state index in [2.05, 4.69) is 5.32 Å². The molecule has 61 heavy (non-hydrogen) atoms. The lowest BCUT2D eigenvalue weighted by atomic mass is 10.1. The molecule has 3 unspecified atom stereocenters. The maximum atomic E-state index is 12.9. The Morgan fingerprint density at radius 1 is 0.607 bits per heavy atom. The monoisotopic (exact) mass is 870 g/mol. The molecule has 20 heteroatoms. The summed E-state index contributed by atoms with van der Waals surface area (Å²) in [7, 11) is 1.53. The lowest BCUT2D eigenvalue weighted by Crippen LogP contribution is -2.42. The van der Waals surface area contributed by atoms with E-state index in [0.29, 0.717) is 64.1 Å². The molecule has 0 bridgehead atoms. The van der Waals surface area contributed by atoms with Crippen LogP contribution in [0.3, 0.4) is 0 Å². The summed E-state index contributed by atoms with van der Waals surface area (Å²) in [6.07, 6.45) is 5.77. The van der Waals surface area contributed by atoms with Crippen LogP contribution >= 0.6 is 0 Å². The number of hydrogen-bond acceptors (Lipinski definition) is 16. The molecule has 0 aromatic rings. The number of hydroxylamine groups is 6. The minimum atomic E-state index is -1.15. The summed E-state index contributed by atoms with van der Waals surface area (Å²) in [6, 6.07) is -2.86. The topological polar surface area (TPSA) is 299 Å². The number of ketones is 1. The Kier molecular flexibility index (Phi) is 33.2. The second-order valence-corrected chi connectivity index (χ2v) is 14.1. The van der Waals surface area contributed by atoms with Gasteiger partial charge in [0.25, 0.3) is 17.7 Å². The highest BCUT2D eigenvalue weighted by Crippen LogP contribution is 2.10. The van der Waals surface area contributed by atoms with Crippen molar-refractivity contribution in [1.29, 1.82) is 0 Å². The van der Waals surface area contributed by atoms with Gasteiger partial charge in [-0.25, -0.2) is 20.0 Å². The SMILES string of the molecule is CC.COCC/C(C)=C\C(=O)N(O)CCCC(NC(=O)CCC(C)=O)C(=O)OCC/C(C)=C\C(=O)N(O)CCCC(N)C(=O)OCC/C(C)=C\C(=O)N(O)CCCC(N)C=O. The van der Waals surface area contributed by atoms with Crippen molar-refractivity contribution in [1.82, 2.24) is 20.5 Å². The van der Waals surface area contributed by atoms with E-state index in [1.807, 2.05) is 13.8 Å². The van der Waals surface area contributed by atoms with Crippen molar-refractivity contribution in [3.05, 3.63) is 34.9 Å². The van der Waals surface area contributed by atoms with Gasteiger partial charge < -0.3 is 40.6 Å². The average Bonchev–Trinajstić information content (AvgIpc) is 3.21. The number of ether oxygens (including phenoxy) is 3. The molecule has 3 atom stereocenters. The molecular formula is C41H70N6O14. The number of nitrogens with one attached hydrogen (secondary N) is 1. The van der Waals surface area contributed by atoms with Crippen LogP contribution in [0.25, 0.3) is 0 Å². The zero-order valence-electron chi connectivity index (χ0n) is 36.9. The summed E-state index contributed by atoms with van der Waals surface area (Å²) in [5, 5.41) is 34.2. The van der Waals surface area contributed by atoms with Gasteiger partial charge in [-0.15, -0.1) is 0 Å². The van der Waals surface area contributed by atoms with Crippen LogP contribution in [0.4, 0.5) is 0 Å². The smallest absolute Gasteiger partial charge is 0.328 e. The van der Waals surface area contributed by atoms with E-state index in [1.165, 1.54) is 26.2 Å². The molecule has 0 aliphatic rings. The fourth-order valence-corrected chi connectivity index (χ4v) is 4.87. The molecule has 0 spiro atoms. The summed E-state index contributed by atoms with van der Waals surface area (Å²) in [5.41, 5.74) is 13.0. The van der Waals surface area contributed by atoms with Gasteiger partial charge in [-0.05, 0) is 72.6 Å².